The van der Waals surface area contributed by atoms with Gasteiger partial charge in [-0.15, -0.1) is 10.2 Å². The Morgan fingerprint density at radius 2 is 1.86 bits per heavy atom. The molecule has 7 nitrogen and oxygen atoms in total. The van der Waals surface area contributed by atoms with Crippen molar-refractivity contribution in [1.29, 1.82) is 0 Å². The molecule has 2 fully saturated rings. The zero-order valence-corrected chi connectivity index (χ0v) is 16.5. The normalized spacial score (nSPS) is 17.5. The third kappa shape index (κ3) is 4.72. The molecule has 1 amide bonds. The van der Waals surface area contributed by atoms with Crippen LogP contribution in [0.5, 0.6) is 0 Å². The second kappa shape index (κ2) is 8.32. The molecule has 1 aliphatic carbocycles. The first-order valence-electron chi connectivity index (χ1n) is 9.71. The van der Waals surface area contributed by atoms with Crippen molar-refractivity contribution in [2.45, 2.75) is 19.4 Å². The number of amides is 1. The number of hydrogen-bond donors (Lipinski definition) is 2. The minimum atomic E-state index is -0.588. The topological polar surface area (TPSA) is 87.4 Å². The molecule has 0 atom stereocenters. The maximum Gasteiger partial charge on any atom is 0.252 e. The highest BCUT2D eigenvalue weighted by Gasteiger charge is 2.26. The van der Waals surface area contributed by atoms with Crippen LogP contribution < -0.4 is 16.0 Å². The zero-order chi connectivity index (χ0) is 19.5. The summed E-state index contributed by atoms with van der Waals surface area (Å²) in [5, 5.41) is 11.0. The maximum absolute atomic E-state index is 11.5. The van der Waals surface area contributed by atoms with Crippen molar-refractivity contribution in [2.24, 2.45) is 11.7 Å². The Morgan fingerprint density at radius 3 is 2.50 bits per heavy atom. The summed E-state index contributed by atoms with van der Waals surface area (Å²) in [5.74, 6) is 0.710. The van der Waals surface area contributed by atoms with E-state index in [1.165, 1.54) is 31.1 Å². The lowest BCUT2D eigenvalue weighted by molar-refractivity contribution is 0.100. The first-order chi connectivity index (χ1) is 13.6. The Balaban J connectivity index is 1.32. The molecule has 1 saturated heterocycles. The van der Waals surface area contributed by atoms with Crippen molar-refractivity contribution in [3.05, 3.63) is 46.6 Å². The quantitative estimate of drug-likeness (QED) is 0.741. The summed E-state index contributed by atoms with van der Waals surface area (Å²) < 4.78 is 0. The number of anilines is 2. The zero-order valence-electron chi connectivity index (χ0n) is 15.8. The van der Waals surface area contributed by atoms with Gasteiger partial charge in [-0.25, -0.2) is 0 Å². The van der Waals surface area contributed by atoms with Gasteiger partial charge < -0.3 is 16.0 Å². The number of aromatic nitrogens is 2. The number of halogens is 1. The number of carbonyl (C=O) groups excluding carboxylic acids is 1. The summed E-state index contributed by atoms with van der Waals surface area (Å²) in [6.45, 7) is 6.24. The summed E-state index contributed by atoms with van der Waals surface area (Å²) in [5.41, 5.74) is 7.95. The predicted octanol–water partition coefficient (Wildman–Crippen LogP) is 2.37. The Morgan fingerprint density at radius 1 is 1.14 bits per heavy atom. The first kappa shape index (κ1) is 19.0. The first-order valence-corrected chi connectivity index (χ1v) is 10.1. The molecule has 0 bridgehead atoms. The van der Waals surface area contributed by atoms with Gasteiger partial charge in [0.25, 0.3) is 5.91 Å². The molecule has 3 N–H and O–H groups in total. The summed E-state index contributed by atoms with van der Waals surface area (Å²) in [6.07, 6.45) is 2.83. The monoisotopic (exact) mass is 400 g/mol. The van der Waals surface area contributed by atoms with E-state index in [0.29, 0.717) is 12.4 Å². The largest absolute Gasteiger partial charge is 0.369 e. The number of hydrogen-bond acceptors (Lipinski definition) is 6. The van der Waals surface area contributed by atoms with E-state index < -0.39 is 5.91 Å². The standard InChI is InChI=1S/C20H25ClN6O/c21-18-11-17(19(22)28)20(25-24-18)23-12-14-3-5-16(6-4-14)27-9-7-26(8-10-27)13-15-1-2-15/h3-6,11,15H,1-2,7-10,12-13H2,(H2,22,28)(H,23,25). The van der Waals surface area contributed by atoms with Gasteiger partial charge in [0.15, 0.2) is 11.0 Å². The Kier molecular flexibility index (Phi) is 5.64. The number of rotatable bonds is 7. The van der Waals surface area contributed by atoms with Gasteiger partial charge in [0.2, 0.25) is 0 Å². The van der Waals surface area contributed by atoms with Crippen molar-refractivity contribution in [3.63, 3.8) is 0 Å². The second-order valence-corrected chi connectivity index (χ2v) is 7.93. The highest BCUT2D eigenvalue weighted by molar-refractivity contribution is 6.29. The van der Waals surface area contributed by atoms with Crippen molar-refractivity contribution < 1.29 is 4.79 Å². The highest BCUT2D eigenvalue weighted by Crippen LogP contribution is 2.30. The molecule has 1 aromatic heterocycles. The molecular weight excluding hydrogens is 376 g/mol. The second-order valence-electron chi connectivity index (χ2n) is 7.54. The fourth-order valence-corrected chi connectivity index (χ4v) is 3.70. The average molecular weight is 401 g/mol. The number of piperazine rings is 1. The molecule has 2 heterocycles. The van der Waals surface area contributed by atoms with E-state index in [4.69, 9.17) is 17.3 Å². The van der Waals surface area contributed by atoms with Gasteiger partial charge >= 0.3 is 0 Å². The lowest BCUT2D eigenvalue weighted by Gasteiger charge is -2.36. The fourth-order valence-electron chi connectivity index (χ4n) is 3.55. The molecule has 1 aliphatic heterocycles. The van der Waals surface area contributed by atoms with Crippen LogP contribution in [0.25, 0.3) is 0 Å². The van der Waals surface area contributed by atoms with E-state index in [9.17, 15) is 4.79 Å². The Bertz CT molecular complexity index is 831. The average Bonchev–Trinajstić information content (AvgIpc) is 3.52. The molecule has 28 heavy (non-hydrogen) atoms. The lowest BCUT2D eigenvalue weighted by atomic mass is 10.1. The third-order valence-corrected chi connectivity index (χ3v) is 5.56. The van der Waals surface area contributed by atoms with Crippen molar-refractivity contribution in [3.8, 4) is 0 Å². The minimum absolute atomic E-state index is 0.140. The van der Waals surface area contributed by atoms with Gasteiger partial charge in [0.1, 0.15) is 0 Å². The molecule has 2 aliphatic rings. The number of nitrogens with two attached hydrogens (primary N) is 1. The van der Waals surface area contributed by atoms with Crippen LogP contribution in [0.1, 0.15) is 28.8 Å². The molecule has 148 valence electrons. The number of carbonyl (C=O) groups is 1. The van der Waals surface area contributed by atoms with Crippen molar-refractivity contribution >= 4 is 29.0 Å². The maximum atomic E-state index is 11.5. The number of nitrogens with one attached hydrogen (secondary N) is 1. The van der Waals surface area contributed by atoms with Crippen LogP contribution in [0.4, 0.5) is 11.5 Å². The Hall–Kier alpha value is -2.38. The highest BCUT2D eigenvalue weighted by atomic mass is 35.5. The molecule has 2 aromatic rings. The van der Waals surface area contributed by atoms with E-state index in [-0.39, 0.29) is 10.7 Å². The summed E-state index contributed by atoms with van der Waals surface area (Å²) in [6, 6.07) is 9.90. The summed E-state index contributed by atoms with van der Waals surface area (Å²) in [4.78, 5) is 16.6. The summed E-state index contributed by atoms with van der Waals surface area (Å²) >= 11 is 5.79. The Labute approximate surface area is 169 Å². The smallest absolute Gasteiger partial charge is 0.252 e. The van der Waals surface area contributed by atoms with E-state index >= 15 is 0 Å². The lowest BCUT2D eigenvalue weighted by Crippen LogP contribution is -2.47. The summed E-state index contributed by atoms with van der Waals surface area (Å²) in [7, 11) is 0. The fraction of sp³-hybridized carbons (Fsp3) is 0.450. The van der Waals surface area contributed by atoms with Crippen LogP contribution >= 0.6 is 11.6 Å². The number of nitrogens with zero attached hydrogens (tertiary/aromatic N) is 4. The van der Waals surface area contributed by atoms with Crippen LogP contribution in [-0.4, -0.2) is 53.7 Å². The van der Waals surface area contributed by atoms with Gasteiger partial charge in [-0.3, -0.25) is 9.69 Å². The molecule has 0 unspecified atom stereocenters. The van der Waals surface area contributed by atoms with Crippen LogP contribution in [0, 0.1) is 5.92 Å². The van der Waals surface area contributed by atoms with Crippen molar-refractivity contribution in [1.82, 2.24) is 15.1 Å². The molecule has 0 spiro atoms. The van der Waals surface area contributed by atoms with Gasteiger partial charge in [0, 0.05) is 45.0 Å². The van der Waals surface area contributed by atoms with Gasteiger partial charge in [0.05, 0.1) is 5.56 Å². The van der Waals surface area contributed by atoms with Gasteiger partial charge in [-0.05, 0) is 42.5 Å². The third-order valence-electron chi connectivity index (χ3n) is 5.38. The van der Waals surface area contributed by atoms with E-state index in [1.54, 1.807) is 0 Å². The SMILES string of the molecule is NC(=O)c1cc(Cl)nnc1NCc1ccc(N2CCN(CC3CC3)CC2)cc1. The molecule has 1 aromatic carbocycles. The predicted molar refractivity (Wildman–Crippen MR) is 111 cm³/mol. The van der Waals surface area contributed by atoms with Crippen LogP contribution in [0.2, 0.25) is 5.15 Å². The number of primary amides is 1. The van der Waals surface area contributed by atoms with E-state index in [0.717, 1.165) is 37.7 Å². The van der Waals surface area contributed by atoms with Crippen LogP contribution in [0.3, 0.4) is 0 Å². The minimum Gasteiger partial charge on any atom is -0.369 e. The molecule has 4 rings (SSSR count). The molecule has 8 heteroatoms. The van der Waals surface area contributed by atoms with Gasteiger partial charge in [-0.2, -0.15) is 0 Å². The van der Waals surface area contributed by atoms with E-state index in [2.05, 4.69) is 49.6 Å². The molecule has 0 radical (unpaired) electrons. The van der Waals surface area contributed by atoms with Crippen LogP contribution in [0.15, 0.2) is 30.3 Å². The van der Waals surface area contributed by atoms with E-state index in [1.807, 2.05) is 0 Å². The van der Waals surface area contributed by atoms with Gasteiger partial charge in [-0.1, -0.05) is 23.7 Å². The molecular formula is C20H25ClN6O. The van der Waals surface area contributed by atoms with Crippen molar-refractivity contribution in [2.75, 3.05) is 42.9 Å². The number of benzene rings is 1. The molecule has 1 saturated carbocycles. The van der Waals surface area contributed by atoms with Crippen LogP contribution in [-0.2, 0) is 6.54 Å².